The van der Waals surface area contributed by atoms with E-state index in [-0.39, 0.29) is 5.91 Å². The molecule has 1 aromatic carbocycles. The van der Waals surface area contributed by atoms with Crippen LogP contribution in [-0.2, 0) is 6.54 Å². The molecule has 0 aromatic heterocycles. The predicted octanol–water partition coefficient (Wildman–Crippen LogP) is 2.37. The molecule has 3 nitrogen and oxygen atoms in total. The van der Waals surface area contributed by atoms with E-state index in [1.807, 2.05) is 32.9 Å². The summed E-state index contributed by atoms with van der Waals surface area (Å²) in [6.45, 7) is 6.28. The molecule has 1 aliphatic heterocycles. The Kier molecular flexibility index (Phi) is 3.25. The molecule has 1 heterocycles. The van der Waals surface area contributed by atoms with Gasteiger partial charge in [0.2, 0.25) is 0 Å². The highest BCUT2D eigenvalue weighted by Gasteiger charge is 2.25. The first-order valence-corrected chi connectivity index (χ1v) is 4.79. The topological polar surface area (TPSA) is 40.5 Å². The van der Waals surface area contributed by atoms with Crippen molar-refractivity contribution < 1.29 is 10.0 Å². The van der Waals surface area contributed by atoms with Crippen LogP contribution in [0.5, 0.6) is 0 Å². The third kappa shape index (κ3) is 1.77. The van der Waals surface area contributed by atoms with Crippen LogP contribution in [0.1, 0.15) is 35.3 Å². The van der Waals surface area contributed by atoms with Crippen LogP contribution in [0.4, 0.5) is 0 Å². The summed E-state index contributed by atoms with van der Waals surface area (Å²) < 4.78 is 0. The molecular formula is C11H15NO2. The van der Waals surface area contributed by atoms with E-state index in [0.717, 1.165) is 16.2 Å². The number of rotatable bonds is 0. The van der Waals surface area contributed by atoms with E-state index in [0.29, 0.717) is 12.1 Å². The fourth-order valence-corrected chi connectivity index (χ4v) is 1.43. The van der Waals surface area contributed by atoms with E-state index in [2.05, 4.69) is 0 Å². The highest BCUT2D eigenvalue weighted by atomic mass is 16.5. The Morgan fingerprint density at radius 3 is 2.64 bits per heavy atom. The summed E-state index contributed by atoms with van der Waals surface area (Å²) in [6.07, 6.45) is 0. The van der Waals surface area contributed by atoms with Crippen molar-refractivity contribution in [2.24, 2.45) is 0 Å². The molecule has 0 unspecified atom stereocenters. The number of carbonyl (C=O) groups excluding carboxylic acids is 1. The van der Waals surface area contributed by atoms with Gasteiger partial charge < -0.3 is 0 Å². The standard InChI is InChI=1S/C9H9NO2.C2H6/c1-6-2-3-8-7(4-6)5-10(12)9(8)11;1-2/h2-4,12H,5H2,1H3;1-2H3. The van der Waals surface area contributed by atoms with E-state index in [1.165, 1.54) is 0 Å². The Morgan fingerprint density at radius 1 is 1.36 bits per heavy atom. The van der Waals surface area contributed by atoms with Crippen molar-refractivity contribution in [3.8, 4) is 0 Å². The normalized spacial score (nSPS) is 13.4. The summed E-state index contributed by atoms with van der Waals surface area (Å²) in [4.78, 5) is 11.2. The molecule has 3 heteroatoms. The van der Waals surface area contributed by atoms with Crippen LogP contribution < -0.4 is 0 Å². The second-order valence-corrected chi connectivity index (χ2v) is 3.02. The average molecular weight is 193 g/mol. The molecule has 1 aromatic rings. The minimum atomic E-state index is -0.301. The predicted molar refractivity (Wildman–Crippen MR) is 54.2 cm³/mol. The van der Waals surface area contributed by atoms with E-state index >= 15 is 0 Å². The van der Waals surface area contributed by atoms with Gasteiger partial charge in [0.05, 0.1) is 6.54 Å². The van der Waals surface area contributed by atoms with Gasteiger partial charge in [0, 0.05) is 5.56 Å². The lowest BCUT2D eigenvalue weighted by Gasteiger charge is -2.01. The molecule has 0 saturated heterocycles. The summed E-state index contributed by atoms with van der Waals surface area (Å²) in [5, 5.41) is 9.83. The van der Waals surface area contributed by atoms with Gasteiger partial charge in [0.15, 0.2) is 0 Å². The third-order valence-electron chi connectivity index (χ3n) is 2.05. The number of benzene rings is 1. The van der Waals surface area contributed by atoms with E-state index in [4.69, 9.17) is 5.21 Å². The lowest BCUT2D eigenvalue weighted by molar-refractivity contribution is -0.0579. The number of hydrogen-bond donors (Lipinski definition) is 1. The van der Waals surface area contributed by atoms with Crippen LogP contribution in [0.2, 0.25) is 0 Å². The van der Waals surface area contributed by atoms with Gasteiger partial charge in [-0.25, -0.2) is 5.06 Å². The van der Waals surface area contributed by atoms with Gasteiger partial charge in [-0.2, -0.15) is 0 Å². The number of carbonyl (C=O) groups is 1. The quantitative estimate of drug-likeness (QED) is 0.642. The maximum atomic E-state index is 11.2. The van der Waals surface area contributed by atoms with Crippen LogP contribution in [0.3, 0.4) is 0 Å². The third-order valence-corrected chi connectivity index (χ3v) is 2.05. The lowest BCUT2D eigenvalue weighted by Crippen LogP contribution is -2.18. The molecule has 76 valence electrons. The maximum Gasteiger partial charge on any atom is 0.277 e. The molecule has 0 radical (unpaired) electrons. The van der Waals surface area contributed by atoms with Crippen LogP contribution in [-0.4, -0.2) is 16.2 Å². The Labute approximate surface area is 83.9 Å². The van der Waals surface area contributed by atoms with Crippen LogP contribution in [0.25, 0.3) is 0 Å². The van der Waals surface area contributed by atoms with Crippen LogP contribution >= 0.6 is 0 Å². The van der Waals surface area contributed by atoms with Gasteiger partial charge in [-0.3, -0.25) is 10.0 Å². The number of hydrogen-bond acceptors (Lipinski definition) is 2. The van der Waals surface area contributed by atoms with Crippen molar-refractivity contribution in [1.82, 2.24) is 5.06 Å². The summed E-state index contributed by atoms with van der Waals surface area (Å²) in [6, 6.07) is 5.54. The maximum absolute atomic E-state index is 11.2. The smallest absolute Gasteiger partial charge is 0.277 e. The van der Waals surface area contributed by atoms with E-state index < -0.39 is 0 Å². The Balaban J connectivity index is 0.000000461. The van der Waals surface area contributed by atoms with E-state index in [1.54, 1.807) is 6.07 Å². The van der Waals surface area contributed by atoms with Crippen molar-refractivity contribution in [1.29, 1.82) is 0 Å². The second-order valence-electron chi connectivity index (χ2n) is 3.02. The van der Waals surface area contributed by atoms with Gasteiger partial charge in [-0.1, -0.05) is 31.5 Å². The molecule has 14 heavy (non-hydrogen) atoms. The molecule has 1 N–H and O–H groups in total. The number of fused-ring (bicyclic) bond motifs is 1. The monoisotopic (exact) mass is 193 g/mol. The molecule has 0 aliphatic carbocycles. The van der Waals surface area contributed by atoms with Crippen molar-refractivity contribution in [2.75, 3.05) is 0 Å². The minimum Gasteiger partial charge on any atom is -0.285 e. The summed E-state index contributed by atoms with van der Waals surface area (Å²) in [5.41, 5.74) is 2.63. The van der Waals surface area contributed by atoms with Crippen LogP contribution in [0, 0.1) is 6.92 Å². The fraction of sp³-hybridized carbons (Fsp3) is 0.364. The number of aryl methyl sites for hydroxylation is 1. The lowest BCUT2D eigenvalue weighted by atomic mass is 10.1. The van der Waals surface area contributed by atoms with Gasteiger partial charge >= 0.3 is 0 Å². The number of amides is 1. The van der Waals surface area contributed by atoms with Gasteiger partial charge in [-0.15, -0.1) is 0 Å². The second kappa shape index (κ2) is 4.24. The largest absolute Gasteiger partial charge is 0.285 e. The highest BCUT2D eigenvalue weighted by Crippen LogP contribution is 2.21. The zero-order valence-electron chi connectivity index (χ0n) is 8.74. The molecule has 0 bridgehead atoms. The first kappa shape index (κ1) is 10.7. The Hall–Kier alpha value is -1.35. The SMILES string of the molecule is CC.Cc1ccc2c(c1)CN(O)C2=O. The summed E-state index contributed by atoms with van der Waals surface area (Å²) in [5.74, 6) is -0.301. The van der Waals surface area contributed by atoms with E-state index in [9.17, 15) is 4.79 Å². The van der Waals surface area contributed by atoms with Gasteiger partial charge in [0.1, 0.15) is 0 Å². The molecule has 2 rings (SSSR count). The zero-order chi connectivity index (χ0) is 10.7. The highest BCUT2D eigenvalue weighted by molar-refractivity contribution is 5.97. The minimum absolute atomic E-state index is 0.301. The van der Waals surface area contributed by atoms with Crippen LogP contribution in [0.15, 0.2) is 18.2 Å². The van der Waals surface area contributed by atoms with Crippen molar-refractivity contribution in [3.63, 3.8) is 0 Å². The number of hydroxylamine groups is 2. The zero-order valence-corrected chi connectivity index (χ0v) is 8.74. The fourth-order valence-electron chi connectivity index (χ4n) is 1.43. The van der Waals surface area contributed by atoms with Crippen molar-refractivity contribution in [3.05, 3.63) is 34.9 Å². The van der Waals surface area contributed by atoms with Crippen molar-refractivity contribution >= 4 is 5.91 Å². The molecule has 0 spiro atoms. The molecule has 0 saturated carbocycles. The number of nitrogens with zero attached hydrogens (tertiary/aromatic N) is 1. The average Bonchev–Trinajstić information content (AvgIpc) is 2.45. The molecule has 1 aliphatic rings. The molecular weight excluding hydrogens is 178 g/mol. The first-order valence-electron chi connectivity index (χ1n) is 4.79. The summed E-state index contributed by atoms with van der Waals surface area (Å²) >= 11 is 0. The summed E-state index contributed by atoms with van der Waals surface area (Å²) in [7, 11) is 0. The van der Waals surface area contributed by atoms with Gasteiger partial charge in [0.25, 0.3) is 5.91 Å². The molecule has 0 atom stereocenters. The molecule has 1 amide bonds. The first-order chi connectivity index (χ1) is 6.68. The Morgan fingerprint density at radius 2 is 2.00 bits per heavy atom. The van der Waals surface area contributed by atoms with Crippen molar-refractivity contribution in [2.45, 2.75) is 27.3 Å². The van der Waals surface area contributed by atoms with Gasteiger partial charge in [-0.05, 0) is 18.6 Å². The molecule has 0 fully saturated rings. The Bertz CT molecular complexity index is 347.